The van der Waals surface area contributed by atoms with Crippen molar-refractivity contribution >= 4 is 27.3 Å². The van der Waals surface area contributed by atoms with E-state index in [4.69, 9.17) is 0 Å². The summed E-state index contributed by atoms with van der Waals surface area (Å²) in [5.74, 6) is 0. The lowest BCUT2D eigenvalue weighted by molar-refractivity contribution is 0.152. The highest BCUT2D eigenvalue weighted by Gasteiger charge is 2.40. The van der Waals surface area contributed by atoms with Crippen LogP contribution in [-0.4, -0.2) is 10.7 Å². The molecule has 1 N–H and O–H groups in total. The molecule has 1 fully saturated rings. The van der Waals surface area contributed by atoms with Crippen LogP contribution in [0.1, 0.15) is 17.7 Å². The molecule has 0 spiro atoms. The molecule has 3 heteroatoms. The summed E-state index contributed by atoms with van der Waals surface area (Å²) >= 11 is 5.16. The highest BCUT2D eigenvalue weighted by molar-refractivity contribution is 9.10. The van der Waals surface area contributed by atoms with Gasteiger partial charge in [-0.05, 0) is 40.2 Å². The van der Waals surface area contributed by atoms with Crippen LogP contribution in [0.2, 0.25) is 0 Å². The Balaban J connectivity index is 2.12. The molecule has 1 heterocycles. The number of hydrogen-bond acceptors (Lipinski definition) is 2. The van der Waals surface area contributed by atoms with Gasteiger partial charge in [0.1, 0.15) is 0 Å². The number of rotatable bonds is 2. The van der Waals surface area contributed by atoms with Gasteiger partial charge in [0.2, 0.25) is 0 Å². The van der Waals surface area contributed by atoms with Gasteiger partial charge in [-0.3, -0.25) is 0 Å². The highest BCUT2D eigenvalue weighted by atomic mass is 79.9. The smallest absolute Gasteiger partial charge is 0.0698 e. The number of aliphatic hydroxyl groups is 1. The molecule has 1 aliphatic rings. The van der Waals surface area contributed by atoms with Crippen molar-refractivity contribution in [3.63, 3.8) is 0 Å². The molecule has 0 radical (unpaired) electrons. The molecule has 0 saturated heterocycles. The predicted molar refractivity (Wildman–Crippen MR) is 49.9 cm³/mol. The molecular formula is C8H9BrOS. The molecule has 1 aliphatic carbocycles. The van der Waals surface area contributed by atoms with Crippen molar-refractivity contribution in [2.75, 3.05) is 0 Å². The first kappa shape index (κ1) is 7.77. The minimum absolute atomic E-state index is 0.354. The molecule has 1 saturated carbocycles. The Morgan fingerprint density at radius 1 is 1.64 bits per heavy atom. The van der Waals surface area contributed by atoms with Crippen LogP contribution in [-0.2, 0) is 6.42 Å². The lowest BCUT2D eigenvalue weighted by Crippen LogP contribution is -2.09. The van der Waals surface area contributed by atoms with Gasteiger partial charge >= 0.3 is 0 Å². The maximum absolute atomic E-state index is 9.61. The summed E-state index contributed by atoms with van der Waals surface area (Å²) in [6.07, 6.45) is 2.76. The van der Waals surface area contributed by atoms with Crippen molar-refractivity contribution < 1.29 is 5.11 Å². The molecule has 0 atom stereocenters. The van der Waals surface area contributed by atoms with E-state index in [1.807, 2.05) is 11.4 Å². The van der Waals surface area contributed by atoms with Gasteiger partial charge in [-0.15, -0.1) is 11.3 Å². The van der Waals surface area contributed by atoms with E-state index in [1.165, 1.54) is 4.88 Å². The number of hydrogen-bond donors (Lipinski definition) is 1. The Hall–Kier alpha value is 0.140. The minimum Gasteiger partial charge on any atom is -0.390 e. The molecule has 0 aliphatic heterocycles. The molecule has 1 nitrogen and oxygen atoms in total. The van der Waals surface area contributed by atoms with Gasteiger partial charge in [0.05, 0.1) is 5.60 Å². The first-order chi connectivity index (χ1) is 5.20. The zero-order chi connectivity index (χ0) is 7.90. The number of thiophene rings is 1. The van der Waals surface area contributed by atoms with Gasteiger partial charge in [0.25, 0.3) is 0 Å². The Kier molecular flexibility index (Phi) is 1.82. The van der Waals surface area contributed by atoms with Crippen molar-refractivity contribution in [1.29, 1.82) is 0 Å². The Morgan fingerprint density at radius 3 is 2.82 bits per heavy atom. The van der Waals surface area contributed by atoms with Gasteiger partial charge in [-0.2, -0.15) is 0 Å². The van der Waals surface area contributed by atoms with Crippen LogP contribution in [0.15, 0.2) is 15.9 Å². The predicted octanol–water partition coefficient (Wildman–Crippen LogP) is 2.58. The molecule has 1 aromatic rings. The van der Waals surface area contributed by atoms with Gasteiger partial charge in [-0.25, -0.2) is 0 Å². The fraction of sp³-hybridized carbons (Fsp3) is 0.500. The monoisotopic (exact) mass is 232 g/mol. The summed E-state index contributed by atoms with van der Waals surface area (Å²) in [6, 6.07) is 2.03. The summed E-state index contributed by atoms with van der Waals surface area (Å²) in [4.78, 5) is 1.27. The third-order valence-electron chi connectivity index (χ3n) is 2.01. The first-order valence-corrected chi connectivity index (χ1v) is 5.31. The molecule has 0 amide bonds. The fourth-order valence-electron chi connectivity index (χ4n) is 1.07. The zero-order valence-electron chi connectivity index (χ0n) is 6.01. The van der Waals surface area contributed by atoms with E-state index in [1.54, 1.807) is 11.3 Å². The van der Waals surface area contributed by atoms with Gasteiger partial charge in [-0.1, -0.05) is 0 Å². The minimum atomic E-state index is -0.354. The quantitative estimate of drug-likeness (QED) is 0.832. The molecule has 1 aromatic heterocycles. The standard InChI is InChI=1S/C8H9BrOS/c9-6-1-4-11-7(6)5-8(10)2-3-8/h1,4,10H,2-3,5H2. The van der Waals surface area contributed by atoms with Crippen molar-refractivity contribution in [2.45, 2.75) is 24.9 Å². The molecule has 0 bridgehead atoms. The van der Waals surface area contributed by atoms with E-state index in [9.17, 15) is 5.11 Å². The second-order valence-electron chi connectivity index (χ2n) is 3.09. The van der Waals surface area contributed by atoms with Crippen molar-refractivity contribution in [2.24, 2.45) is 0 Å². The number of halogens is 1. The van der Waals surface area contributed by atoms with Crippen LogP contribution in [0, 0.1) is 0 Å². The van der Waals surface area contributed by atoms with Crippen LogP contribution in [0.3, 0.4) is 0 Å². The van der Waals surface area contributed by atoms with E-state index in [0.717, 1.165) is 23.7 Å². The molecular weight excluding hydrogens is 224 g/mol. The average molecular weight is 233 g/mol. The highest BCUT2D eigenvalue weighted by Crippen LogP contribution is 2.40. The third-order valence-corrected chi connectivity index (χ3v) is 3.93. The molecule has 11 heavy (non-hydrogen) atoms. The fourth-order valence-corrected chi connectivity index (χ4v) is 2.70. The summed E-state index contributed by atoms with van der Waals surface area (Å²) in [5.41, 5.74) is -0.354. The normalized spacial score (nSPS) is 20.2. The van der Waals surface area contributed by atoms with Crippen LogP contribution in [0.4, 0.5) is 0 Å². The Labute approximate surface area is 78.2 Å². The van der Waals surface area contributed by atoms with E-state index in [-0.39, 0.29) is 5.60 Å². The maximum atomic E-state index is 9.61. The largest absolute Gasteiger partial charge is 0.390 e. The third kappa shape index (κ3) is 1.66. The van der Waals surface area contributed by atoms with Crippen molar-refractivity contribution in [3.8, 4) is 0 Å². The molecule has 0 aromatic carbocycles. The van der Waals surface area contributed by atoms with Crippen LogP contribution < -0.4 is 0 Å². The average Bonchev–Trinajstić information content (AvgIpc) is 2.54. The van der Waals surface area contributed by atoms with Crippen molar-refractivity contribution in [1.82, 2.24) is 0 Å². The van der Waals surface area contributed by atoms with Crippen LogP contribution >= 0.6 is 27.3 Å². The lowest BCUT2D eigenvalue weighted by Gasteiger charge is -2.04. The van der Waals surface area contributed by atoms with Crippen LogP contribution in [0.5, 0.6) is 0 Å². The van der Waals surface area contributed by atoms with Gasteiger partial charge < -0.3 is 5.11 Å². The van der Waals surface area contributed by atoms with Crippen LogP contribution in [0.25, 0.3) is 0 Å². The van der Waals surface area contributed by atoms with E-state index in [2.05, 4.69) is 15.9 Å². The lowest BCUT2D eigenvalue weighted by atomic mass is 10.2. The van der Waals surface area contributed by atoms with Crippen molar-refractivity contribution in [3.05, 3.63) is 20.8 Å². The summed E-state index contributed by atoms with van der Waals surface area (Å²) in [6.45, 7) is 0. The van der Waals surface area contributed by atoms with E-state index in [0.29, 0.717) is 0 Å². The second kappa shape index (κ2) is 2.57. The first-order valence-electron chi connectivity index (χ1n) is 3.64. The summed E-state index contributed by atoms with van der Waals surface area (Å²) < 4.78 is 1.14. The topological polar surface area (TPSA) is 20.2 Å². The molecule has 0 unspecified atom stereocenters. The Bertz CT molecular complexity index is 265. The maximum Gasteiger partial charge on any atom is 0.0698 e. The van der Waals surface area contributed by atoms with E-state index >= 15 is 0 Å². The van der Waals surface area contributed by atoms with Gasteiger partial charge in [0.15, 0.2) is 0 Å². The Morgan fingerprint density at radius 2 is 2.36 bits per heavy atom. The summed E-state index contributed by atoms with van der Waals surface area (Å²) in [5, 5.41) is 11.7. The molecule has 60 valence electrons. The zero-order valence-corrected chi connectivity index (χ0v) is 8.41. The SMILES string of the molecule is OC1(Cc2sccc2Br)CC1. The molecule has 2 rings (SSSR count). The second-order valence-corrected chi connectivity index (χ2v) is 4.95. The summed E-state index contributed by atoms with van der Waals surface area (Å²) in [7, 11) is 0. The van der Waals surface area contributed by atoms with Gasteiger partial charge in [0, 0.05) is 15.8 Å². The van der Waals surface area contributed by atoms with E-state index < -0.39 is 0 Å².